The number of pyridine rings is 1. The number of hydrogen-bond donors (Lipinski definition) is 1. The molecule has 0 aliphatic rings. The van der Waals surface area contributed by atoms with Gasteiger partial charge in [0, 0.05) is 31.9 Å². The number of rotatable bonds is 7. The molecule has 5 heteroatoms. The molecule has 2 rings (SSSR count). The molecule has 0 amide bonds. The van der Waals surface area contributed by atoms with Crippen LogP contribution in [0.1, 0.15) is 24.5 Å². The molecule has 4 nitrogen and oxygen atoms in total. The number of furan rings is 1. The Morgan fingerprint density at radius 3 is 2.90 bits per heavy atom. The maximum absolute atomic E-state index is 6.32. The molecule has 0 fully saturated rings. The number of hydrogen-bond acceptors (Lipinski definition) is 4. The van der Waals surface area contributed by atoms with E-state index in [1.165, 1.54) is 0 Å². The SMILES string of the molecule is CCCNCc1cnc(N(C)Cc2ccoc2)c(Cl)c1. The van der Waals surface area contributed by atoms with E-state index in [1.54, 1.807) is 12.5 Å². The lowest BCUT2D eigenvalue weighted by atomic mass is 10.2. The highest BCUT2D eigenvalue weighted by Gasteiger charge is 2.10. The topological polar surface area (TPSA) is 41.3 Å². The fourth-order valence-electron chi connectivity index (χ4n) is 1.99. The lowest BCUT2D eigenvalue weighted by Crippen LogP contribution is -2.18. The van der Waals surface area contributed by atoms with Crippen molar-refractivity contribution in [2.24, 2.45) is 0 Å². The summed E-state index contributed by atoms with van der Waals surface area (Å²) in [4.78, 5) is 6.47. The fourth-order valence-corrected chi connectivity index (χ4v) is 2.32. The smallest absolute Gasteiger partial charge is 0.147 e. The van der Waals surface area contributed by atoms with Gasteiger partial charge in [-0.2, -0.15) is 0 Å². The van der Waals surface area contributed by atoms with Gasteiger partial charge in [-0.15, -0.1) is 0 Å². The van der Waals surface area contributed by atoms with Gasteiger partial charge in [0.1, 0.15) is 5.82 Å². The minimum Gasteiger partial charge on any atom is -0.472 e. The van der Waals surface area contributed by atoms with Crippen LogP contribution in [0.4, 0.5) is 5.82 Å². The van der Waals surface area contributed by atoms with E-state index in [0.29, 0.717) is 5.02 Å². The van der Waals surface area contributed by atoms with Gasteiger partial charge in [-0.05, 0) is 30.7 Å². The lowest BCUT2D eigenvalue weighted by Gasteiger charge is -2.19. The minimum absolute atomic E-state index is 0.673. The highest BCUT2D eigenvalue weighted by molar-refractivity contribution is 6.33. The second-order valence-corrected chi connectivity index (χ2v) is 5.22. The van der Waals surface area contributed by atoms with Crippen molar-refractivity contribution < 1.29 is 4.42 Å². The minimum atomic E-state index is 0.673. The standard InChI is InChI=1S/C15H20ClN3O/c1-3-5-17-8-13-7-14(16)15(18-9-13)19(2)10-12-4-6-20-11-12/h4,6-7,9,11,17H,3,5,8,10H2,1-2H3. The molecule has 0 unspecified atom stereocenters. The zero-order chi connectivity index (χ0) is 14.4. The maximum atomic E-state index is 6.32. The first kappa shape index (κ1) is 14.9. The number of halogens is 1. The van der Waals surface area contributed by atoms with Gasteiger partial charge in [-0.3, -0.25) is 0 Å². The van der Waals surface area contributed by atoms with Crippen molar-refractivity contribution in [2.45, 2.75) is 26.4 Å². The van der Waals surface area contributed by atoms with Gasteiger partial charge in [-0.25, -0.2) is 4.98 Å². The molecular weight excluding hydrogens is 274 g/mol. The highest BCUT2D eigenvalue weighted by Crippen LogP contribution is 2.24. The van der Waals surface area contributed by atoms with E-state index < -0.39 is 0 Å². The normalized spacial score (nSPS) is 10.8. The first-order chi connectivity index (χ1) is 9.70. The Balaban J connectivity index is 2.01. The third-order valence-electron chi connectivity index (χ3n) is 3.00. The van der Waals surface area contributed by atoms with Crippen LogP contribution in [-0.2, 0) is 13.1 Å². The predicted octanol–water partition coefficient (Wildman–Crippen LogP) is 3.46. The van der Waals surface area contributed by atoms with Crippen LogP contribution < -0.4 is 10.2 Å². The van der Waals surface area contributed by atoms with Crippen LogP contribution in [0.5, 0.6) is 0 Å². The average Bonchev–Trinajstić information content (AvgIpc) is 2.92. The van der Waals surface area contributed by atoms with Crippen molar-refractivity contribution >= 4 is 17.4 Å². The summed E-state index contributed by atoms with van der Waals surface area (Å²) in [5.41, 5.74) is 2.20. The quantitative estimate of drug-likeness (QED) is 0.794. The molecule has 20 heavy (non-hydrogen) atoms. The van der Waals surface area contributed by atoms with E-state index in [4.69, 9.17) is 16.0 Å². The molecule has 0 radical (unpaired) electrons. The molecule has 2 aromatic heterocycles. The van der Waals surface area contributed by atoms with Crippen LogP contribution >= 0.6 is 11.6 Å². The van der Waals surface area contributed by atoms with E-state index in [9.17, 15) is 0 Å². The van der Waals surface area contributed by atoms with E-state index in [2.05, 4.69) is 17.2 Å². The molecule has 0 aliphatic heterocycles. The van der Waals surface area contributed by atoms with Gasteiger partial charge < -0.3 is 14.6 Å². The van der Waals surface area contributed by atoms with Gasteiger partial charge in [0.25, 0.3) is 0 Å². The van der Waals surface area contributed by atoms with Gasteiger partial charge in [0.2, 0.25) is 0 Å². The summed E-state index contributed by atoms with van der Waals surface area (Å²) in [5.74, 6) is 0.784. The van der Waals surface area contributed by atoms with Crippen molar-refractivity contribution in [3.8, 4) is 0 Å². The number of nitrogens with one attached hydrogen (secondary N) is 1. The summed E-state index contributed by atoms with van der Waals surface area (Å²) in [6.45, 7) is 4.66. The van der Waals surface area contributed by atoms with E-state index >= 15 is 0 Å². The summed E-state index contributed by atoms with van der Waals surface area (Å²) in [5, 5.41) is 4.01. The molecule has 0 atom stereocenters. The molecule has 0 aliphatic carbocycles. The fraction of sp³-hybridized carbons (Fsp3) is 0.400. The largest absolute Gasteiger partial charge is 0.472 e. The molecule has 0 saturated carbocycles. The van der Waals surface area contributed by atoms with Crippen LogP contribution in [0.15, 0.2) is 35.3 Å². The van der Waals surface area contributed by atoms with Gasteiger partial charge >= 0.3 is 0 Å². The third-order valence-corrected chi connectivity index (χ3v) is 3.27. The van der Waals surface area contributed by atoms with Crippen LogP contribution in [0.25, 0.3) is 0 Å². The first-order valence-corrected chi connectivity index (χ1v) is 7.16. The molecule has 1 N–H and O–H groups in total. The molecule has 0 saturated heterocycles. The van der Waals surface area contributed by atoms with Gasteiger partial charge in [0.05, 0.1) is 17.5 Å². The summed E-state index contributed by atoms with van der Waals surface area (Å²) in [7, 11) is 1.97. The highest BCUT2D eigenvalue weighted by atomic mass is 35.5. The summed E-state index contributed by atoms with van der Waals surface area (Å²) in [6.07, 6.45) is 6.39. The van der Waals surface area contributed by atoms with Crippen molar-refractivity contribution in [3.05, 3.63) is 47.0 Å². The molecule has 0 spiro atoms. The van der Waals surface area contributed by atoms with E-state index in [0.717, 1.165) is 43.0 Å². The Kier molecular flexibility index (Phi) is 5.44. The van der Waals surface area contributed by atoms with E-state index in [-0.39, 0.29) is 0 Å². The average molecular weight is 294 g/mol. The van der Waals surface area contributed by atoms with Crippen molar-refractivity contribution in [3.63, 3.8) is 0 Å². The lowest BCUT2D eigenvalue weighted by molar-refractivity contribution is 0.563. The summed E-state index contributed by atoms with van der Waals surface area (Å²) >= 11 is 6.32. The van der Waals surface area contributed by atoms with Gasteiger partial charge in [-0.1, -0.05) is 18.5 Å². The Morgan fingerprint density at radius 1 is 1.40 bits per heavy atom. The molecule has 0 aromatic carbocycles. The number of aromatic nitrogens is 1. The molecular formula is C15H20ClN3O. The predicted molar refractivity (Wildman–Crippen MR) is 82.1 cm³/mol. The Hall–Kier alpha value is -1.52. The van der Waals surface area contributed by atoms with Crippen LogP contribution in [-0.4, -0.2) is 18.6 Å². The van der Waals surface area contributed by atoms with Crippen molar-refractivity contribution in [1.82, 2.24) is 10.3 Å². The van der Waals surface area contributed by atoms with Crippen molar-refractivity contribution in [2.75, 3.05) is 18.5 Å². The monoisotopic (exact) mass is 293 g/mol. The second-order valence-electron chi connectivity index (χ2n) is 4.81. The van der Waals surface area contributed by atoms with Crippen LogP contribution in [0, 0.1) is 0 Å². The first-order valence-electron chi connectivity index (χ1n) is 6.78. The molecule has 2 heterocycles. The number of nitrogens with zero attached hydrogens (tertiary/aromatic N) is 2. The Bertz CT molecular complexity index is 528. The van der Waals surface area contributed by atoms with E-state index in [1.807, 2.05) is 30.3 Å². The van der Waals surface area contributed by atoms with Crippen LogP contribution in [0.3, 0.4) is 0 Å². The zero-order valence-electron chi connectivity index (χ0n) is 11.9. The Labute approximate surface area is 124 Å². The number of anilines is 1. The third kappa shape index (κ3) is 3.99. The molecule has 108 valence electrons. The summed E-state index contributed by atoms with van der Waals surface area (Å²) < 4.78 is 5.07. The zero-order valence-corrected chi connectivity index (χ0v) is 12.7. The van der Waals surface area contributed by atoms with Crippen LogP contribution in [0.2, 0.25) is 5.02 Å². The molecule has 2 aromatic rings. The summed E-state index contributed by atoms with van der Waals surface area (Å²) in [6, 6.07) is 3.91. The second kappa shape index (κ2) is 7.31. The van der Waals surface area contributed by atoms with Gasteiger partial charge in [0.15, 0.2) is 0 Å². The maximum Gasteiger partial charge on any atom is 0.147 e. The molecule has 0 bridgehead atoms. The van der Waals surface area contributed by atoms with Crippen molar-refractivity contribution in [1.29, 1.82) is 0 Å². The Morgan fingerprint density at radius 2 is 2.25 bits per heavy atom.